The smallest absolute Gasteiger partial charge is 0.255 e. The molecule has 0 bridgehead atoms. The zero-order valence-corrected chi connectivity index (χ0v) is 17.5. The van der Waals surface area contributed by atoms with Crippen molar-refractivity contribution >= 4 is 29.5 Å². The molecule has 11 heteroatoms. The van der Waals surface area contributed by atoms with Crippen molar-refractivity contribution in [3.05, 3.63) is 29.8 Å². The third-order valence-electron chi connectivity index (χ3n) is 5.12. The molecule has 0 unspecified atom stereocenters. The highest BCUT2D eigenvalue weighted by molar-refractivity contribution is 6.01. The fraction of sp³-hybridized carbons (Fsp3) is 0.476. The van der Waals surface area contributed by atoms with Gasteiger partial charge in [0.25, 0.3) is 5.91 Å². The van der Waals surface area contributed by atoms with Crippen molar-refractivity contribution in [2.45, 2.75) is 37.8 Å². The Balaban J connectivity index is 1.83. The van der Waals surface area contributed by atoms with Gasteiger partial charge in [-0.05, 0) is 30.9 Å². The van der Waals surface area contributed by atoms with Crippen molar-refractivity contribution in [2.24, 2.45) is 11.7 Å². The molecule has 32 heavy (non-hydrogen) atoms. The highest BCUT2D eigenvalue weighted by Crippen LogP contribution is 2.27. The average Bonchev–Trinajstić information content (AvgIpc) is 3.57. The summed E-state index contributed by atoms with van der Waals surface area (Å²) in [4.78, 5) is 62.0. The number of nitrogens with one attached hydrogen (secondary N) is 4. The monoisotopic (exact) mass is 445 g/mol. The Morgan fingerprint density at radius 2 is 1.88 bits per heavy atom. The molecule has 0 spiro atoms. The van der Waals surface area contributed by atoms with Crippen LogP contribution >= 0.6 is 0 Å². The molecule has 3 rings (SSSR count). The Hall–Kier alpha value is -3.63. The summed E-state index contributed by atoms with van der Waals surface area (Å²) in [6, 6.07) is 4.07. The SMILES string of the molecule is NC(=O)C[C@@H]1NC(=O)C[C@@H](C(=O)NCC2CC2)NC(=O)c2ccccc2OCCNC1=O. The van der Waals surface area contributed by atoms with Gasteiger partial charge in [0.2, 0.25) is 23.6 Å². The first kappa shape index (κ1) is 23.0. The van der Waals surface area contributed by atoms with Crippen LogP contribution in [-0.4, -0.2) is 61.3 Å². The number of para-hydroxylation sites is 1. The Kier molecular flexibility index (Phi) is 7.63. The number of carbonyl (C=O) groups excluding carboxylic acids is 5. The summed E-state index contributed by atoms with van der Waals surface area (Å²) in [5.41, 5.74) is 5.39. The molecule has 1 saturated carbocycles. The molecule has 0 saturated heterocycles. The lowest BCUT2D eigenvalue weighted by Crippen LogP contribution is -2.53. The normalized spacial score (nSPS) is 22.2. The summed E-state index contributed by atoms with van der Waals surface area (Å²) in [6.45, 7) is 0.573. The Labute approximate surface area is 184 Å². The van der Waals surface area contributed by atoms with Crippen LogP contribution in [0.15, 0.2) is 24.3 Å². The summed E-state index contributed by atoms with van der Waals surface area (Å²) in [5, 5.41) is 10.3. The molecule has 6 N–H and O–H groups in total. The second kappa shape index (κ2) is 10.6. The van der Waals surface area contributed by atoms with Crippen molar-refractivity contribution in [3.8, 4) is 5.75 Å². The number of amides is 5. The molecule has 11 nitrogen and oxygen atoms in total. The molecule has 0 radical (unpaired) electrons. The van der Waals surface area contributed by atoms with E-state index in [0.717, 1.165) is 12.8 Å². The van der Waals surface area contributed by atoms with Crippen molar-refractivity contribution in [1.29, 1.82) is 0 Å². The van der Waals surface area contributed by atoms with E-state index in [0.29, 0.717) is 12.5 Å². The topological polar surface area (TPSA) is 169 Å². The second-order valence-electron chi connectivity index (χ2n) is 7.84. The zero-order chi connectivity index (χ0) is 23.1. The summed E-state index contributed by atoms with van der Waals surface area (Å²) in [7, 11) is 0. The van der Waals surface area contributed by atoms with E-state index in [1.807, 2.05) is 0 Å². The number of nitrogens with two attached hydrogens (primary N) is 1. The third kappa shape index (κ3) is 6.69. The molecule has 2 atom stereocenters. The van der Waals surface area contributed by atoms with Crippen LogP contribution in [0.1, 0.15) is 36.0 Å². The van der Waals surface area contributed by atoms with Gasteiger partial charge in [-0.3, -0.25) is 24.0 Å². The quantitative estimate of drug-likeness (QED) is 0.372. The average molecular weight is 445 g/mol. The van der Waals surface area contributed by atoms with Gasteiger partial charge in [-0.2, -0.15) is 0 Å². The van der Waals surface area contributed by atoms with Gasteiger partial charge in [0, 0.05) is 6.54 Å². The fourth-order valence-electron chi connectivity index (χ4n) is 3.22. The number of fused-ring (bicyclic) bond motifs is 1. The van der Waals surface area contributed by atoms with Gasteiger partial charge in [0.1, 0.15) is 24.4 Å². The van der Waals surface area contributed by atoms with E-state index >= 15 is 0 Å². The highest BCUT2D eigenvalue weighted by Gasteiger charge is 2.30. The minimum absolute atomic E-state index is 0.0403. The summed E-state index contributed by atoms with van der Waals surface area (Å²) in [6.07, 6.45) is 1.21. The second-order valence-corrected chi connectivity index (χ2v) is 7.84. The maximum atomic E-state index is 12.9. The largest absolute Gasteiger partial charge is 0.491 e. The molecule has 5 amide bonds. The number of hydrogen-bond donors (Lipinski definition) is 5. The number of benzene rings is 1. The molecule has 2 aliphatic rings. The number of hydrogen-bond acceptors (Lipinski definition) is 6. The van der Waals surface area contributed by atoms with Crippen molar-refractivity contribution in [1.82, 2.24) is 21.3 Å². The van der Waals surface area contributed by atoms with Gasteiger partial charge in [-0.25, -0.2) is 0 Å². The lowest BCUT2D eigenvalue weighted by Gasteiger charge is -2.22. The molecule has 0 aromatic heterocycles. The van der Waals surface area contributed by atoms with E-state index in [9.17, 15) is 24.0 Å². The van der Waals surface area contributed by atoms with E-state index in [2.05, 4.69) is 21.3 Å². The summed E-state index contributed by atoms with van der Waals surface area (Å²) >= 11 is 0. The Morgan fingerprint density at radius 3 is 2.59 bits per heavy atom. The van der Waals surface area contributed by atoms with Crippen molar-refractivity contribution < 1.29 is 28.7 Å². The number of ether oxygens (including phenoxy) is 1. The predicted molar refractivity (Wildman–Crippen MR) is 112 cm³/mol. The van der Waals surface area contributed by atoms with E-state index in [-0.39, 0.29) is 24.5 Å². The number of carbonyl (C=O) groups is 5. The molecule has 1 heterocycles. The first-order chi connectivity index (χ1) is 15.3. The van der Waals surface area contributed by atoms with Gasteiger partial charge < -0.3 is 31.7 Å². The fourth-order valence-corrected chi connectivity index (χ4v) is 3.22. The van der Waals surface area contributed by atoms with E-state index in [1.54, 1.807) is 18.2 Å². The summed E-state index contributed by atoms with van der Waals surface area (Å²) in [5.74, 6) is -2.48. The van der Waals surface area contributed by atoms with E-state index < -0.39 is 54.5 Å². The minimum atomic E-state index is -1.21. The first-order valence-corrected chi connectivity index (χ1v) is 10.5. The van der Waals surface area contributed by atoms with Crippen LogP contribution in [0.4, 0.5) is 0 Å². The lowest BCUT2D eigenvalue weighted by molar-refractivity contribution is -0.132. The van der Waals surface area contributed by atoms with Crippen LogP contribution in [0.5, 0.6) is 5.75 Å². The third-order valence-corrected chi connectivity index (χ3v) is 5.12. The van der Waals surface area contributed by atoms with Gasteiger partial charge >= 0.3 is 0 Å². The van der Waals surface area contributed by atoms with E-state index in [1.165, 1.54) is 6.07 Å². The van der Waals surface area contributed by atoms with Crippen LogP contribution in [0.2, 0.25) is 0 Å². The van der Waals surface area contributed by atoms with Gasteiger partial charge in [-0.1, -0.05) is 12.1 Å². The molecule has 1 aromatic rings. The molecular weight excluding hydrogens is 418 g/mol. The van der Waals surface area contributed by atoms with Gasteiger partial charge in [0.05, 0.1) is 24.9 Å². The molecule has 1 aliphatic carbocycles. The Morgan fingerprint density at radius 1 is 1.12 bits per heavy atom. The molecule has 172 valence electrons. The summed E-state index contributed by atoms with van der Waals surface area (Å²) < 4.78 is 5.62. The number of primary amides is 1. The zero-order valence-electron chi connectivity index (χ0n) is 17.5. The predicted octanol–water partition coefficient (Wildman–Crippen LogP) is -1.43. The molecule has 1 fully saturated rings. The van der Waals surface area contributed by atoms with Crippen LogP contribution < -0.4 is 31.7 Å². The van der Waals surface area contributed by atoms with Crippen molar-refractivity contribution in [2.75, 3.05) is 19.7 Å². The van der Waals surface area contributed by atoms with E-state index in [4.69, 9.17) is 10.5 Å². The van der Waals surface area contributed by atoms with Crippen LogP contribution in [0.25, 0.3) is 0 Å². The van der Waals surface area contributed by atoms with Crippen LogP contribution in [0, 0.1) is 5.92 Å². The van der Waals surface area contributed by atoms with Gasteiger partial charge in [0.15, 0.2) is 0 Å². The highest BCUT2D eigenvalue weighted by atomic mass is 16.5. The van der Waals surface area contributed by atoms with Crippen molar-refractivity contribution in [3.63, 3.8) is 0 Å². The number of rotatable bonds is 5. The first-order valence-electron chi connectivity index (χ1n) is 10.5. The van der Waals surface area contributed by atoms with Crippen LogP contribution in [-0.2, 0) is 19.2 Å². The standard InChI is InChI=1S/C21H27N5O6/c22-17(27)9-14-20(30)23-7-8-32-16-4-2-1-3-13(16)19(29)26-15(10-18(28)25-14)21(31)24-11-12-5-6-12/h1-4,12,14-15H,5-11H2,(H2,22,27)(H,23,30)(H,24,31)(H,25,28)(H,26,29)/t14-,15-/m0/s1. The maximum absolute atomic E-state index is 12.9. The molecule has 1 aromatic carbocycles. The minimum Gasteiger partial charge on any atom is -0.491 e. The lowest BCUT2D eigenvalue weighted by atomic mass is 10.1. The molecule has 1 aliphatic heterocycles. The Bertz CT molecular complexity index is 900. The van der Waals surface area contributed by atoms with Crippen LogP contribution in [0.3, 0.4) is 0 Å². The van der Waals surface area contributed by atoms with Gasteiger partial charge in [-0.15, -0.1) is 0 Å². The molecular formula is C21H27N5O6. The maximum Gasteiger partial charge on any atom is 0.255 e.